The lowest BCUT2D eigenvalue weighted by molar-refractivity contribution is -0.121. The smallest absolute Gasteiger partial charge is 0.241 e. The summed E-state index contributed by atoms with van der Waals surface area (Å²) in [5.74, 6) is -0.749. The number of para-hydroxylation sites is 1. The maximum Gasteiger partial charge on any atom is 0.241 e. The Morgan fingerprint density at radius 3 is 2.37 bits per heavy atom. The molecule has 0 spiro atoms. The zero-order valence-corrected chi connectivity index (χ0v) is 17.4. The van der Waals surface area contributed by atoms with Gasteiger partial charge in [0.1, 0.15) is 0 Å². The molecule has 1 saturated heterocycles. The third kappa shape index (κ3) is 2.60. The van der Waals surface area contributed by atoms with Crippen LogP contribution in [0.5, 0.6) is 0 Å². The first-order valence-electron chi connectivity index (χ1n) is 10.3. The van der Waals surface area contributed by atoms with Crippen LogP contribution in [0.3, 0.4) is 0 Å². The maximum atomic E-state index is 13.4. The van der Waals surface area contributed by atoms with E-state index in [1.165, 1.54) is 10.5 Å². The van der Waals surface area contributed by atoms with Crippen LogP contribution < -0.4 is 9.80 Å². The first-order valence-corrected chi connectivity index (χ1v) is 10.3. The van der Waals surface area contributed by atoms with Gasteiger partial charge in [-0.25, -0.2) is 4.90 Å². The number of nitrogens with zero attached hydrogens (tertiary/aromatic N) is 2. The number of carbonyl (C=O) groups is 2. The molecule has 1 atom stereocenters. The van der Waals surface area contributed by atoms with E-state index in [0.717, 1.165) is 22.2 Å². The van der Waals surface area contributed by atoms with Crippen LogP contribution in [-0.4, -0.2) is 18.9 Å². The van der Waals surface area contributed by atoms with Crippen LogP contribution in [0.25, 0.3) is 10.8 Å². The molecule has 2 heterocycles. The summed E-state index contributed by atoms with van der Waals surface area (Å²) in [7, 11) is 2.03. The normalized spacial score (nSPS) is 21.7. The van der Waals surface area contributed by atoms with Crippen LogP contribution >= 0.6 is 0 Å². The van der Waals surface area contributed by atoms with Crippen molar-refractivity contribution in [1.82, 2.24) is 0 Å². The number of anilines is 2. The maximum absolute atomic E-state index is 13.4. The highest BCUT2D eigenvalue weighted by molar-refractivity contribution is 6.24. The van der Waals surface area contributed by atoms with Crippen molar-refractivity contribution < 1.29 is 9.59 Å². The van der Waals surface area contributed by atoms with Crippen LogP contribution in [0.1, 0.15) is 25.8 Å². The van der Waals surface area contributed by atoms with Gasteiger partial charge in [0, 0.05) is 35.7 Å². The fourth-order valence-electron chi connectivity index (χ4n) is 4.93. The monoisotopic (exact) mass is 396 g/mol. The highest BCUT2D eigenvalue weighted by Gasteiger charge is 2.43. The Bertz CT molecular complexity index is 1220. The van der Waals surface area contributed by atoms with Gasteiger partial charge in [0.25, 0.3) is 0 Å². The quantitative estimate of drug-likeness (QED) is 0.571. The third-order valence-electron chi connectivity index (χ3n) is 6.49. The van der Waals surface area contributed by atoms with E-state index in [1.54, 1.807) is 0 Å². The van der Waals surface area contributed by atoms with Gasteiger partial charge >= 0.3 is 0 Å². The van der Waals surface area contributed by atoms with E-state index in [-0.39, 0.29) is 23.7 Å². The van der Waals surface area contributed by atoms with Gasteiger partial charge in [-0.2, -0.15) is 0 Å². The summed E-state index contributed by atoms with van der Waals surface area (Å²) in [6.45, 7) is 4.34. The molecule has 1 fully saturated rings. The fourth-order valence-corrected chi connectivity index (χ4v) is 4.93. The summed E-state index contributed by atoms with van der Waals surface area (Å²) in [4.78, 5) is 29.8. The topological polar surface area (TPSA) is 40.6 Å². The summed E-state index contributed by atoms with van der Waals surface area (Å²) in [6.07, 6.45) is 2.21. The highest BCUT2D eigenvalue weighted by atomic mass is 16.2. The van der Waals surface area contributed by atoms with Crippen molar-refractivity contribution in [3.63, 3.8) is 0 Å². The number of allylic oxidation sites excluding steroid dienone is 1. The number of rotatable bonds is 2. The van der Waals surface area contributed by atoms with Gasteiger partial charge in [0.15, 0.2) is 0 Å². The molecule has 0 aliphatic carbocycles. The van der Waals surface area contributed by atoms with Crippen molar-refractivity contribution in [2.24, 2.45) is 5.92 Å². The largest absolute Gasteiger partial charge is 0.347 e. The highest BCUT2D eigenvalue weighted by Crippen LogP contribution is 2.47. The molecule has 4 heteroatoms. The van der Waals surface area contributed by atoms with E-state index in [0.29, 0.717) is 5.69 Å². The van der Waals surface area contributed by atoms with Gasteiger partial charge in [-0.1, -0.05) is 74.5 Å². The molecule has 3 aromatic carbocycles. The Kier molecular flexibility index (Phi) is 4.07. The van der Waals surface area contributed by atoms with E-state index in [2.05, 4.69) is 30.9 Å². The number of fused-ring (bicyclic) bond motifs is 2. The molecule has 30 heavy (non-hydrogen) atoms. The molecule has 2 amide bonds. The van der Waals surface area contributed by atoms with Gasteiger partial charge in [0.2, 0.25) is 11.8 Å². The van der Waals surface area contributed by atoms with Gasteiger partial charge in [0.05, 0.1) is 11.6 Å². The minimum atomic E-state index is -0.456. The average Bonchev–Trinajstić information content (AvgIpc) is 3.13. The lowest BCUT2D eigenvalue weighted by atomic mass is 9.82. The van der Waals surface area contributed by atoms with Gasteiger partial charge < -0.3 is 4.90 Å². The molecule has 5 rings (SSSR count). The second-order valence-corrected chi connectivity index (χ2v) is 8.63. The lowest BCUT2D eigenvalue weighted by Gasteiger charge is -2.25. The molecule has 0 unspecified atom stereocenters. The predicted molar refractivity (Wildman–Crippen MR) is 121 cm³/mol. The predicted octanol–water partition coefficient (Wildman–Crippen LogP) is 5.03. The van der Waals surface area contributed by atoms with E-state index in [4.69, 9.17) is 0 Å². The van der Waals surface area contributed by atoms with Crippen LogP contribution in [0.4, 0.5) is 11.4 Å². The first-order chi connectivity index (χ1) is 14.4. The molecule has 2 aliphatic rings. The lowest BCUT2D eigenvalue weighted by Crippen LogP contribution is -2.31. The molecule has 2 aliphatic heterocycles. The van der Waals surface area contributed by atoms with Crippen LogP contribution in [0.15, 0.2) is 78.5 Å². The average molecular weight is 396 g/mol. The Balaban J connectivity index is 1.54. The van der Waals surface area contributed by atoms with Crippen molar-refractivity contribution in [1.29, 1.82) is 0 Å². The van der Waals surface area contributed by atoms with Crippen molar-refractivity contribution in [3.05, 3.63) is 84.1 Å². The van der Waals surface area contributed by atoms with Crippen molar-refractivity contribution in [3.8, 4) is 0 Å². The molecular weight excluding hydrogens is 372 g/mol. The van der Waals surface area contributed by atoms with E-state index >= 15 is 0 Å². The Labute approximate surface area is 176 Å². The summed E-state index contributed by atoms with van der Waals surface area (Å²) in [5, 5.41) is 1.94. The van der Waals surface area contributed by atoms with E-state index in [1.807, 2.05) is 67.7 Å². The molecule has 3 aromatic rings. The van der Waals surface area contributed by atoms with Crippen molar-refractivity contribution >= 4 is 34.0 Å². The second-order valence-electron chi connectivity index (χ2n) is 8.63. The summed E-state index contributed by atoms with van der Waals surface area (Å²) in [5.41, 5.74) is 3.90. The molecule has 0 aromatic heterocycles. The first kappa shape index (κ1) is 18.6. The minimum absolute atomic E-state index is 0.144. The Morgan fingerprint density at radius 2 is 1.57 bits per heavy atom. The van der Waals surface area contributed by atoms with Gasteiger partial charge in [-0.15, -0.1) is 0 Å². The molecule has 0 radical (unpaired) electrons. The van der Waals surface area contributed by atoms with Gasteiger partial charge in [-0.3, -0.25) is 9.59 Å². The minimum Gasteiger partial charge on any atom is -0.347 e. The summed E-state index contributed by atoms with van der Waals surface area (Å²) >= 11 is 0. The zero-order chi connectivity index (χ0) is 21.0. The van der Waals surface area contributed by atoms with E-state index < -0.39 is 5.92 Å². The number of benzene rings is 3. The molecule has 150 valence electrons. The van der Waals surface area contributed by atoms with Gasteiger partial charge in [-0.05, 0) is 23.1 Å². The van der Waals surface area contributed by atoms with Crippen LogP contribution in [0.2, 0.25) is 0 Å². The molecule has 0 bridgehead atoms. The zero-order valence-electron chi connectivity index (χ0n) is 17.4. The Hall–Kier alpha value is -3.40. The Morgan fingerprint density at radius 1 is 0.900 bits per heavy atom. The second kappa shape index (κ2) is 6.56. The standard InChI is InChI=1S/C26H24N2O2/c1-26(2)20-12-6-7-13-22(20)27(3)23(26)15-18-16-24(29)28(25(18)30)21-14-8-10-17-9-4-5-11-19(17)21/h4-15,18H,16H2,1-3H3/b23-15+/t18-/m1/s1. The van der Waals surface area contributed by atoms with Crippen LogP contribution in [-0.2, 0) is 15.0 Å². The molecule has 0 saturated carbocycles. The third-order valence-corrected chi connectivity index (χ3v) is 6.49. The van der Waals surface area contributed by atoms with Crippen LogP contribution in [0, 0.1) is 5.92 Å². The summed E-state index contributed by atoms with van der Waals surface area (Å²) in [6, 6.07) is 21.9. The SMILES string of the molecule is CN1/C(=C/[C@@H]2CC(=O)N(c3cccc4ccccc34)C2=O)C(C)(C)c2ccccc21. The number of imide groups is 1. The molecular formula is C26H24N2O2. The summed E-state index contributed by atoms with van der Waals surface area (Å²) < 4.78 is 0. The van der Waals surface area contributed by atoms with E-state index in [9.17, 15) is 9.59 Å². The molecule has 4 nitrogen and oxygen atoms in total. The van der Waals surface area contributed by atoms with Crippen molar-refractivity contribution in [2.45, 2.75) is 25.7 Å². The van der Waals surface area contributed by atoms with Crippen molar-refractivity contribution in [2.75, 3.05) is 16.8 Å². The number of carbonyl (C=O) groups excluding carboxylic acids is 2. The molecule has 0 N–H and O–H groups in total. The number of hydrogen-bond donors (Lipinski definition) is 0. The fraction of sp³-hybridized carbons (Fsp3) is 0.231. The number of likely N-dealkylation sites (N-methyl/N-ethyl adjacent to an activating group) is 1. The number of amides is 2. The number of hydrogen-bond acceptors (Lipinski definition) is 3.